The topological polar surface area (TPSA) is 88.0 Å². The van der Waals surface area contributed by atoms with Gasteiger partial charge in [0.2, 0.25) is 0 Å². The lowest BCUT2D eigenvalue weighted by molar-refractivity contribution is -0.385. The highest BCUT2D eigenvalue weighted by molar-refractivity contribution is 6.03. The van der Waals surface area contributed by atoms with Crippen LogP contribution in [0.5, 0.6) is 0 Å². The molecule has 2 aromatic rings. The van der Waals surface area contributed by atoms with Gasteiger partial charge in [-0.3, -0.25) is 14.9 Å². The highest BCUT2D eigenvalue weighted by atomic mass is 16.6. The first-order valence-electron chi connectivity index (χ1n) is 5.27. The average Bonchev–Trinajstić information content (AvgIpc) is 2.85. The van der Waals surface area contributed by atoms with E-state index in [1.165, 1.54) is 6.07 Å². The van der Waals surface area contributed by atoms with E-state index in [0.717, 1.165) is 0 Å². The maximum absolute atomic E-state index is 11.7. The van der Waals surface area contributed by atoms with E-state index in [-0.39, 0.29) is 11.6 Å². The smallest absolute Gasteiger partial charge is 0.274 e. The quantitative estimate of drug-likeness (QED) is 0.643. The molecule has 92 valence electrons. The average molecular weight is 245 g/mol. The van der Waals surface area contributed by atoms with E-state index in [1.54, 1.807) is 37.4 Å². The molecule has 1 aromatic carbocycles. The van der Waals surface area contributed by atoms with Crippen LogP contribution >= 0.6 is 0 Å². The van der Waals surface area contributed by atoms with Gasteiger partial charge in [-0.2, -0.15) is 0 Å². The van der Waals surface area contributed by atoms with Crippen LogP contribution < -0.4 is 5.32 Å². The maximum atomic E-state index is 11.7. The zero-order valence-corrected chi connectivity index (χ0v) is 9.64. The number of nitrogens with one attached hydrogen (secondary N) is 2. The molecule has 0 aliphatic heterocycles. The zero-order chi connectivity index (χ0) is 13.1. The molecular formula is C12H11N3O3. The number of hydrogen-bond acceptors (Lipinski definition) is 3. The molecule has 0 saturated heterocycles. The van der Waals surface area contributed by atoms with Crippen molar-refractivity contribution >= 4 is 17.3 Å². The SMILES string of the molecule is Cc1ccc(NC(=O)c2ccc[nH]2)cc1[N+](=O)[O-]. The fourth-order valence-corrected chi connectivity index (χ4v) is 1.55. The number of carbonyl (C=O) groups excluding carboxylic acids is 1. The summed E-state index contributed by atoms with van der Waals surface area (Å²) >= 11 is 0. The molecule has 6 nitrogen and oxygen atoms in total. The van der Waals surface area contributed by atoms with Gasteiger partial charge in [0.05, 0.1) is 4.92 Å². The Hall–Kier alpha value is -2.63. The summed E-state index contributed by atoms with van der Waals surface area (Å²) in [5.41, 5.74) is 1.34. The number of amides is 1. The van der Waals surface area contributed by atoms with Crippen molar-refractivity contribution in [2.24, 2.45) is 0 Å². The molecule has 6 heteroatoms. The Kier molecular flexibility index (Phi) is 3.09. The van der Waals surface area contributed by atoms with E-state index in [1.807, 2.05) is 0 Å². The van der Waals surface area contributed by atoms with E-state index >= 15 is 0 Å². The molecule has 1 heterocycles. The number of rotatable bonds is 3. The number of nitrogens with zero attached hydrogens (tertiary/aromatic N) is 1. The number of hydrogen-bond donors (Lipinski definition) is 2. The summed E-state index contributed by atoms with van der Waals surface area (Å²) in [6, 6.07) is 7.90. The molecule has 0 atom stereocenters. The second-order valence-corrected chi connectivity index (χ2v) is 3.80. The van der Waals surface area contributed by atoms with Crippen LogP contribution in [-0.4, -0.2) is 15.8 Å². The predicted molar refractivity (Wildman–Crippen MR) is 66.6 cm³/mol. The van der Waals surface area contributed by atoms with Gasteiger partial charge in [0.1, 0.15) is 5.69 Å². The minimum Gasteiger partial charge on any atom is -0.357 e. The van der Waals surface area contributed by atoms with E-state index in [0.29, 0.717) is 16.9 Å². The largest absolute Gasteiger partial charge is 0.357 e. The Bertz CT molecular complexity index is 591. The minimum atomic E-state index is -0.473. The number of carbonyl (C=O) groups is 1. The molecule has 0 saturated carbocycles. The molecule has 0 unspecified atom stereocenters. The summed E-state index contributed by atoms with van der Waals surface area (Å²) in [6.45, 7) is 1.65. The van der Waals surface area contributed by atoms with Crippen LogP contribution in [-0.2, 0) is 0 Å². The molecule has 0 radical (unpaired) electrons. The lowest BCUT2D eigenvalue weighted by Crippen LogP contribution is -2.12. The Morgan fingerprint density at radius 3 is 2.78 bits per heavy atom. The summed E-state index contributed by atoms with van der Waals surface area (Å²) in [7, 11) is 0. The molecular weight excluding hydrogens is 234 g/mol. The number of anilines is 1. The Morgan fingerprint density at radius 2 is 2.17 bits per heavy atom. The van der Waals surface area contributed by atoms with Gasteiger partial charge in [0.15, 0.2) is 0 Å². The van der Waals surface area contributed by atoms with Gasteiger partial charge >= 0.3 is 0 Å². The van der Waals surface area contributed by atoms with Gasteiger partial charge in [-0.05, 0) is 25.1 Å². The zero-order valence-electron chi connectivity index (χ0n) is 9.64. The molecule has 0 aliphatic carbocycles. The van der Waals surface area contributed by atoms with Gasteiger partial charge in [-0.1, -0.05) is 6.07 Å². The van der Waals surface area contributed by atoms with Crippen molar-refractivity contribution in [1.82, 2.24) is 4.98 Å². The van der Waals surface area contributed by atoms with Crippen molar-refractivity contribution in [3.8, 4) is 0 Å². The second kappa shape index (κ2) is 4.70. The number of H-pyrrole nitrogens is 1. The number of nitro benzene ring substituents is 1. The molecule has 0 spiro atoms. The van der Waals surface area contributed by atoms with Crippen LogP contribution in [0.2, 0.25) is 0 Å². The number of nitro groups is 1. The van der Waals surface area contributed by atoms with Gasteiger partial charge in [-0.25, -0.2) is 0 Å². The van der Waals surface area contributed by atoms with Crippen LogP contribution in [0.25, 0.3) is 0 Å². The summed E-state index contributed by atoms with van der Waals surface area (Å²) in [4.78, 5) is 24.8. The lowest BCUT2D eigenvalue weighted by Gasteiger charge is -2.04. The van der Waals surface area contributed by atoms with Gasteiger partial charge in [-0.15, -0.1) is 0 Å². The van der Waals surface area contributed by atoms with Crippen LogP contribution in [0, 0.1) is 17.0 Å². The van der Waals surface area contributed by atoms with Crippen molar-refractivity contribution in [3.63, 3.8) is 0 Å². The summed E-state index contributed by atoms with van der Waals surface area (Å²) < 4.78 is 0. The molecule has 0 fully saturated rings. The van der Waals surface area contributed by atoms with Crippen LogP contribution in [0.4, 0.5) is 11.4 Å². The highest BCUT2D eigenvalue weighted by Gasteiger charge is 2.13. The van der Waals surface area contributed by atoms with Crippen molar-refractivity contribution in [2.75, 3.05) is 5.32 Å². The van der Waals surface area contributed by atoms with Crippen LogP contribution in [0.15, 0.2) is 36.5 Å². The van der Waals surface area contributed by atoms with Crippen molar-refractivity contribution < 1.29 is 9.72 Å². The first kappa shape index (κ1) is 11.8. The fraction of sp³-hybridized carbons (Fsp3) is 0.0833. The third kappa shape index (κ3) is 2.37. The summed E-state index contributed by atoms with van der Waals surface area (Å²) in [5, 5.41) is 13.4. The van der Waals surface area contributed by atoms with Crippen molar-refractivity contribution in [1.29, 1.82) is 0 Å². The normalized spacial score (nSPS) is 10.1. The first-order valence-corrected chi connectivity index (χ1v) is 5.27. The number of benzene rings is 1. The predicted octanol–water partition coefficient (Wildman–Crippen LogP) is 2.48. The molecule has 1 aromatic heterocycles. The van der Waals surface area contributed by atoms with E-state index in [4.69, 9.17) is 0 Å². The lowest BCUT2D eigenvalue weighted by atomic mass is 10.2. The highest BCUT2D eigenvalue weighted by Crippen LogP contribution is 2.22. The van der Waals surface area contributed by atoms with Crippen LogP contribution in [0.3, 0.4) is 0 Å². The molecule has 2 rings (SSSR count). The standard InChI is InChI=1S/C12H11N3O3/c1-8-4-5-9(7-11(8)15(17)18)14-12(16)10-3-2-6-13-10/h2-7,13H,1H3,(H,14,16). The van der Waals surface area contributed by atoms with E-state index in [2.05, 4.69) is 10.3 Å². The second-order valence-electron chi connectivity index (χ2n) is 3.80. The Balaban J connectivity index is 2.22. The van der Waals surface area contributed by atoms with Crippen molar-refractivity contribution in [3.05, 3.63) is 57.9 Å². The maximum Gasteiger partial charge on any atom is 0.274 e. The molecule has 0 aliphatic rings. The Morgan fingerprint density at radius 1 is 1.39 bits per heavy atom. The number of aromatic amines is 1. The first-order chi connectivity index (χ1) is 8.58. The monoisotopic (exact) mass is 245 g/mol. The van der Waals surface area contributed by atoms with Gasteiger partial charge < -0.3 is 10.3 Å². The number of aromatic nitrogens is 1. The third-order valence-electron chi connectivity index (χ3n) is 2.51. The fourth-order valence-electron chi connectivity index (χ4n) is 1.55. The molecule has 0 bridgehead atoms. The van der Waals surface area contributed by atoms with E-state index in [9.17, 15) is 14.9 Å². The van der Waals surface area contributed by atoms with Crippen LogP contribution in [0.1, 0.15) is 16.1 Å². The minimum absolute atomic E-state index is 0.0146. The van der Waals surface area contributed by atoms with Gasteiger partial charge in [0.25, 0.3) is 11.6 Å². The number of aryl methyl sites for hydroxylation is 1. The Labute approximate surface area is 103 Å². The summed E-state index contributed by atoms with van der Waals surface area (Å²) in [6.07, 6.45) is 1.63. The van der Waals surface area contributed by atoms with E-state index < -0.39 is 4.92 Å². The molecule has 2 N–H and O–H groups in total. The molecule has 18 heavy (non-hydrogen) atoms. The van der Waals surface area contributed by atoms with Crippen molar-refractivity contribution in [2.45, 2.75) is 6.92 Å². The van der Waals surface area contributed by atoms with Gasteiger partial charge in [0, 0.05) is 23.5 Å². The summed E-state index contributed by atoms with van der Waals surface area (Å²) in [5.74, 6) is -0.335. The molecule has 1 amide bonds. The third-order valence-corrected chi connectivity index (χ3v) is 2.51.